The second-order valence-electron chi connectivity index (χ2n) is 6.76. The molecule has 1 N–H and O–H groups in total. The Morgan fingerprint density at radius 3 is 2.43 bits per heavy atom. The highest BCUT2D eigenvalue weighted by molar-refractivity contribution is 5.09. The molecule has 4 nitrogen and oxygen atoms in total. The van der Waals surface area contributed by atoms with Crippen molar-refractivity contribution in [2.75, 3.05) is 13.1 Å². The van der Waals surface area contributed by atoms with Crippen LogP contribution in [0.1, 0.15) is 59.4 Å². The minimum Gasteiger partial charge on any atom is -0.308 e. The standard InChI is InChI=1S/C17H32N4/c1-6-16(5)14-20(17(7-2,8-3)13-18-16)11-15-10-19-21(9-4)12-15/h10,12,18H,6-9,11,13-14H2,1-5H3. The van der Waals surface area contributed by atoms with Crippen LogP contribution in [0, 0.1) is 0 Å². The van der Waals surface area contributed by atoms with E-state index in [1.807, 2.05) is 10.9 Å². The Morgan fingerprint density at radius 1 is 1.19 bits per heavy atom. The summed E-state index contributed by atoms with van der Waals surface area (Å²) in [7, 11) is 0. The average molecular weight is 292 g/mol. The van der Waals surface area contributed by atoms with Crippen molar-refractivity contribution in [3.8, 4) is 0 Å². The number of hydrogen-bond donors (Lipinski definition) is 1. The maximum absolute atomic E-state index is 4.43. The third-order valence-electron chi connectivity index (χ3n) is 5.54. The topological polar surface area (TPSA) is 33.1 Å². The van der Waals surface area contributed by atoms with Crippen molar-refractivity contribution in [2.45, 2.75) is 78.0 Å². The van der Waals surface area contributed by atoms with Crippen LogP contribution < -0.4 is 5.32 Å². The van der Waals surface area contributed by atoms with E-state index in [4.69, 9.17) is 0 Å². The van der Waals surface area contributed by atoms with Gasteiger partial charge in [0.25, 0.3) is 0 Å². The van der Waals surface area contributed by atoms with Gasteiger partial charge in [-0.3, -0.25) is 9.58 Å². The largest absolute Gasteiger partial charge is 0.308 e. The zero-order valence-electron chi connectivity index (χ0n) is 14.4. The highest BCUT2D eigenvalue weighted by atomic mass is 15.3. The maximum atomic E-state index is 4.43. The van der Waals surface area contributed by atoms with Crippen molar-refractivity contribution in [3.05, 3.63) is 18.0 Å². The van der Waals surface area contributed by atoms with Gasteiger partial charge in [-0.2, -0.15) is 5.10 Å². The summed E-state index contributed by atoms with van der Waals surface area (Å²) in [5.41, 5.74) is 1.85. The third kappa shape index (κ3) is 3.32. The van der Waals surface area contributed by atoms with Crippen molar-refractivity contribution in [3.63, 3.8) is 0 Å². The van der Waals surface area contributed by atoms with Gasteiger partial charge in [0.1, 0.15) is 0 Å². The number of hydrogen-bond acceptors (Lipinski definition) is 3. The Hall–Kier alpha value is -0.870. The fourth-order valence-corrected chi connectivity index (χ4v) is 3.42. The lowest BCUT2D eigenvalue weighted by molar-refractivity contribution is -0.00409. The van der Waals surface area contributed by atoms with E-state index in [0.717, 1.165) is 26.2 Å². The first-order valence-corrected chi connectivity index (χ1v) is 8.52. The summed E-state index contributed by atoms with van der Waals surface area (Å²) >= 11 is 0. The number of aryl methyl sites for hydroxylation is 1. The van der Waals surface area contributed by atoms with Crippen LogP contribution >= 0.6 is 0 Å². The molecule has 4 heteroatoms. The lowest BCUT2D eigenvalue weighted by atomic mass is 9.82. The Morgan fingerprint density at radius 2 is 1.90 bits per heavy atom. The van der Waals surface area contributed by atoms with Crippen molar-refractivity contribution < 1.29 is 0 Å². The van der Waals surface area contributed by atoms with E-state index in [1.165, 1.54) is 24.8 Å². The molecule has 0 radical (unpaired) electrons. The van der Waals surface area contributed by atoms with Gasteiger partial charge in [0, 0.05) is 49.0 Å². The lowest BCUT2D eigenvalue weighted by Gasteiger charge is -2.53. The molecule has 1 saturated heterocycles. The highest BCUT2D eigenvalue weighted by Crippen LogP contribution is 2.32. The van der Waals surface area contributed by atoms with Gasteiger partial charge in [-0.25, -0.2) is 0 Å². The van der Waals surface area contributed by atoms with Gasteiger partial charge < -0.3 is 5.32 Å². The van der Waals surface area contributed by atoms with E-state index in [2.05, 4.69) is 56.1 Å². The number of rotatable bonds is 6. The molecule has 0 amide bonds. The van der Waals surface area contributed by atoms with Gasteiger partial charge in [-0.1, -0.05) is 20.8 Å². The average Bonchev–Trinajstić information content (AvgIpc) is 2.96. The summed E-state index contributed by atoms with van der Waals surface area (Å²) in [6, 6.07) is 0. The van der Waals surface area contributed by atoms with Crippen LogP contribution in [0.25, 0.3) is 0 Å². The minimum absolute atomic E-state index is 0.231. The van der Waals surface area contributed by atoms with Gasteiger partial charge in [-0.05, 0) is 33.1 Å². The second-order valence-corrected chi connectivity index (χ2v) is 6.76. The Bertz CT molecular complexity index is 449. The molecule has 0 bridgehead atoms. The molecule has 2 heterocycles. The molecule has 0 aliphatic carbocycles. The molecule has 1 unspecified atom stereocenters. The highest BCUT2D eigenvalue weighted by Gasteiger charge is 2.42. The molecule has 1 aliphatic heterocycles. The number of aromatic nitrogens is 2. The van der Waals surface area contributed by atoms with E-state index in [1.54, 1.807) is 0 Å². The van der Waals surface area contributed by atoms with Crippen molar-refractivity contribution in [1.29, 1.82) is 0 Å². The summed E-state index contributed by atoms with van der Waals surface area (Å²) in [6.07, 6.45) is 7.78. The number of piperazine rings is 1. The normalized spacial score (nSPS) is 26.1. The zero-order valence-corrected chi connectivity index (χ0v) is 14.4. The van der Waals surface area contributed by atoms with E-state index in [0.29, 0.717) is 0 Å². The molecule has 1 aromatic heterocycles. The van der Waals surface area contributed by atoms with E-state index >= 15 is 0 Å². The van der Waals surface area contributed by atoms with Crippen molar-refractivity contribution >= 4 is 0 Å². The van der Waals surface area contributed by atoms with E-state index in [9.17, 15) is 0 Å². The van der Waals surface area contributed by atoms with Gasteiger partial charge in [-0.15, -0.1) is 0 Å². The maximum Gasteiger partial charge on any atom is 0.0534 e. The fourth-order valence-electron chi connectivity index (χ4n) is 3.42. The van der Waals surface area contributed by atoms with Gasteiger partial charge in [0.15, 0.2) is 0 Å². The molecule has 21 heavy (non-hydrogen) atoms. The van der Waals surface area contributed by atoms with Crippen LogP contribution in [0.3, 0.4) is 0 Å². The van der Waals surface area contributed by atoms with E-state index < -0.39 is 0 Å². The predicted octanol–water partition coefficient (Wildman–Crippen LogP) is 3.04. The zero-order chi connectivity index (χ0) is 15.5. The summed E-state index contributed by atoms with van der Waals surface area (Å²) in [6.45, 7) is 15.6. The Labute approximate surface area is 129 Å². The molecular formula is C17H32N4. The van der Waals surface area contributed by atoms with E-state index in [-0.39, 0.29) is 11.1 Å². The molecule has 0 aromatic carbocycles. The molecule has 1 fully saturated rings. The molecule has 0 spiro atoms. The second kappa shape index (κ2) is 6.49. The van der Waals surface area contributed by atoms with Gasteiger partial charge >= 0.3 is 0 Å². The summed E-state index contributed by atoms with van der Waals surface area (Å²) < 4.78 is 2.02. The first-order valence-electron chi connectivity index (χ1n) is 8.52. The Kier molecular flexibility index (Phi) is 5.10. The van der Waals surface area contributed by atoms with Crippen LogP contribution in [-0.4, -0.2) is 38.8 Å². The molecule has 0 saturated carbocycles. The molecular weight excluding hydrogens is 260 g/mol. The van der Waals surface area contributed by atoms with Crippen LogP contribution in [0.5, 0.6) is 0 Å². The van der Waals surface area contributed by atoms with Crippen LogP contribution in [0.4, 0.5) is 0 Å². The minimum atomic E-state index is 0.231. The summed E-state index contributed by atoms with van der Waals surface area (Å²) in [5.74, 6) is 0. The molecule has 2 rings (SSSR count). The van der Waals surface area contributed by atoms with Crippen LogP contribution in [0.15, 0.2) is 12.4 Å². The molecule has 1 atom stereocenters. The fraction of sp³-hybridized carbons (Fsp3) is 0.824. The molecule has 120 valence electrons. The monoisotopic (exact) mass is 292 g/mol. The SMILES string of the molecule is CCn1cc(CN2CC(C)(CC)NCC2(CC)CC)cn1. The number of nitrogens with zero attached hydrogens (tertiary/aromatic N) is 3. The smallest absolute Gasteiger partial charge is 0.0534 e. The van der Waals surface area contributed by atoms with Crippen molar-refractivity contribution in [2.24, 2.45) is 0 Å². The predicted molar refractivity (Wildman–Crippen MR) is 88.3 cm³/mol. The molecule has 1 aromatic rings. The van der Waals surface area contributed by atoms with Crippen molar-refractivity contribution in [1.82, 2.24) is 20.0 Å². The van der Waals surface area contributed by atoms with Gasteiger partial charge in [0.05, 0.1) is 6.20 Å². The lowest BCUT2D eigenvalue weighted by Crippen LogP contribution is -2.68. The quantitative estimate of drug-likeness (QED) is 0.875. The van der Waals surface area contributed by atoms with Crippen LogP contribution in [-0.2, 0) is 13.1 Å². The van der Waals surface area contributed by atoms with Crippen LogP contribution in [0.2, 0.25) is 0 Å². The van der Waals surface area contributed by atoms with Gasteiger partial charge in [0.2, 0.25) is 0 Å². The molecule has 1 aliphatic rings. The summed E-state index contributed by atoms with van der Waals surface area (Å²) in [5, 5.41) is 8.24. The summed E-state index contributed by atoms with van der Waals surface area (Å²) in [4.78, 5) is 2.70. The number of nitrogens with one attached hydrogen (secondary N) is 1. The first kappa shape index (κ1) is 16.5. The Balaban J connectivity index is 2.20. The first-order chi connectivity index (χ1) is 10.0. The third-order valence-corrected chi connectivity index (χ3v) is 5.54.